The molecule has 0 spiro atoms. The molecule has 94 valence electrons. The van der Waals surface area contributed by atoms with Crippen LogP contribution < -0.4 is 5.32 Å². The lowest BCUT2D eigenvalue weighted by atomic mass is 10.0. The molecule has 0 aromatic heterocycles. The molecule has 1 aliphatic carbocycles. The van der Waals surface area contributed by atoms with Gasteiger partial charge in [0.25, 0.3) is 0 Å². The van der Waals surface area contributed by atoms with E-state index in [-0.39, 0.29) is 6.04 Å². The molecule has 4 heteroatoms. The monoisotopic (exact) mass is 229 g/mol. The van der Waals surface area contributed by atoms with Gasteiger partial charge in [0.05, 0.1) is 24.9 Å². The minimum absolute atomic E-state index is 0.206. The van der Waals surface area contributed by atoms with Crippen LogP contribution in [0.4, 0.5) is 0 Å². The Balaban J connectivity index is 1.71. The molecule has 0 aromatic rings. The lowest BCUT2D eigenvalue weighted by Gasteiger charge is -2.36. The second-order valence-corrected chi connectivity index (χ2v) is 5.53. The summed E-state index contributed by atoms with van der Waals surface area (Å²) in [6, 6.07) is 0.206. The summed E-state index contributed by atoms with van der Waals surface area (Å²) in [4.78, 5) is 0. The second-order valence-electron chi connectivity index (χ2n) is 5.53. The van der Waals surface area contributed by atoms with Crippen LogP contribution in [0.3, 0.4) is 0 Å². The van der Waals surface area contributed by atoms with Crippen LogP contribution in [0.2, 0.25) is 0 Å². The molecule has 16 heavy (non-hydrogen) atoms. The van der Waals surface area contributed by atoms with Gasteiger partial charge in [-0.1, -0.05) is 12.8 Å². The summed E-state index contributed by atoms with van der Waals surface area (Å²) < 4.78 is 11.1. The van der Waals surface area contributed by atoms with E-state index in [0.29, 0.717) is 19.8 Å². The highest BCUT2D eigenvalue weighted by Crippen LogP contribution is 2.28. The average Bonchev–Trinajstić information content (AvgIpc) is 2.64. The first-order valence-corrected chi connectivity index (χ1v) is 6.23. The maximum absolute atomic E-state index is 10.2. The number of aliphatic hydroxyl groups is 1. The van der Waals surface area contributed by atoms with Crippen LogP contribution >= 0.6 is 0 Å². The molecule has 1 aliphatic heterocycles. The maximum atomic E-state index is 10.2. The van der Waals surface area contributed by atoms with Crippen LogP contribution in [0.25, 0.3) is 0 Å². The van der Waals surface area contributed by atoms with Gasteiger partial charge in [0.2, 0.25) is 0 Å². The SMILES string of the molecule is CC1(C)OCC(NCC2(O)CCCC2)CO1. The Bertz CT molecular complexity index is 226. The molecule has 2 aliphatic rings. The van der Waals surface area contributed by atoms with Crippen molar-refractivity contribution < 1.29 is 14.6 Å². The predicted molar refractivity (Wildman–Crippen MR) is 61.2 cm³/mol. The largest absolute Gasteiger partial charge is 0.389 e. The third-order valence-electron chi connectivity index (χ3n) is 3.52. The van der Waals surface area contributed by atoms with E-state index in [1.54, 1.807) is 0 Å². The standard InChI is InChI=1S/C12H23NO3/c1-11(2)15-7-10(8-16-11)13-9-12(14)5-3-4-6-12/h10,13-14H,3-9H2,1-2H3. The molecular formula is C12H23NO3. The van der Waals surface area contributed by atoms with E-state index in [2.05, 4.69) is 5.32 Å². The summed E-state index contributed by atoms with van der Waals surface area (Å²) in [6.45, 7) is 5.82. The smallest absolute Gasteiger partial charge is 0.162 e. The summed E-state index contributed by atoms with van der Waals surface area (Å²) in [5.41, 5.74) is -0.493. The van der Waals surface area contributed by atoms with Gasteiger partial charge in [-0.05, 0) is 26.7 Å². The molecule has 2 N–H and O–H groups in total. The topological polar surface area (TPSA) is 50.7 Å². The fourth-order valence-electron chi connectivity index (χ4n) is 2.35. The van der Waals surface area contributed by atoms with Gasteiger partial charge in [-0.15, -0.1) is 0 Å². The number of nitrogens with one attached hydrogen (secondary N) is 1. The lowest BCUT2D eigenvalue weighted by molar-refractivity contribution is -0.253. The Labute approximate surface area is 97.3 Å². The van der Waals surface area contributed by atoms with Gasteiger partial charge in [-0.25, -0.2) is 0 Å². The van der Waals surface area contributed by atoms with Crippen LogP contribution in [0.1, 0.15) is 39.5 Å². The van der Waals surface area contributed by atoms with Gasteiger partial charge in [0, 0.05) is 6.54 Å². The number of ether oxygens (including phenoxy) is 2. The van der Waals surface area contributed by atoms with E-state index < -0.39 is 11.4 Å². The molecule has 4 nitrogen and oxygen atoms in total. The average molecular weight is 229 g/mol. The number of rotatable bonds is 3. The third kappa shape index (κ3) is 3.17. The van der Waals surface area contributed by atoms with E-state index in [1.807, 2.05) is 13.8 Å². The van der Waals surface area contributed by atoms with Crippen LogP contribution in [0.15, 0.2) is 0 Å². The summed E-state index contributed by atoms with van der Waals surface area (Å²) in [7, 11) is 0. The van der Waals surface area contributed by atoms with Gasteiger partial charge in [-0.3, -0.25) is 0 Å². The summed E-state index contributed by atoms with van der Waals surface area (Å²) in [5, 5.41) is 13.5. The molecule has 0 amide bonds. The fraction of sp³-hybridized carbons (Fsp3) is 1.00. The van der Waals surface area contributed by atoms with Crippen molar-refractivity contribution in [3.05, 3.63) is 0 Å². The van der Waals surface area contributed by atoms with E-state index in [4.69, 9.17) is 9.47 Å². The zero-order valence-electron chi connectivity index (χ0n) is 10.3. The molecule has 0 radical (unpaired) electrons. The first kappa shape index (κ1) is 12.3. The van der Waals surface area contributed by atoms with Crippen molar-refractivity contribution in [3.63, 3.8) is 0 Å². The molecule has 2 fully saturated rings. The molecule has 1 saturated carbocycles. The summed E-state index contributed by atoms with van der Waals surface area (Å²) in [5.74, 6) is -0.456. The minimum Gasteiger partial charge on any atom is -0.389 e. The quantitative estimate of drug-likeness (QED) is 0.759. The van der Waals surface area contributed by atoms with E-state index in [0.717, 1.165) is 25.7 Å². The Hall–Kier alpha value is -0.160. The predicted octanol–water partition coefficient (Wildman–Crippen LogP) is 1.03. The molecule has 0 aromatic carbocycles. The van der Waals surface area contributed by atoms with Crippen molar-refractivity contribution in [2.24, 2.45) is 0 Å². The van der Waals surface area contributed by atoms with Crippen LogP contribution in [-0.2, 0) is 9.47 Å². The van der Waals surface area contributed by atoms with Crippen molar-refractivity contribution in [1.82, 2.24) is 5.32 Å². The third-order valence-corrected chi connectivity index (χ3v) is 3.52. The van der Waals surface area contributed by atoms with Crippen LogP contribution in [-0.4, -0.2) is 42.3 Å². The Kier molecular flexibility index (Phi) is 3.54. The molecule has 2 rings (SSSR count). The van der Waals surface area contributed by atoms with E-state index >= 15 is 0 Å². The van der Waals surface area contributed by atoms with E-state index in [1.165, 1.54) is 0 Å². The molecule has 0 unspecified atom stereocenters. The maximum Gasteiger partial charge on any atom is 0.162 e. The van der Waals surface area contributed by atoms with Gasteiger partial charge in [0.15, 0.2) is 5.79 Å². The Morgan fingerprint density at radius 1 is 1.19 bits per heavy atom. The van der Waals surface area contributed by atoms with E-state index in [9.17, 15) is 5.11 Å². The van der Waals surface area contributed by atoms with Crippen LogP contribution in [0.5, 0.6) is 0 Å². The Morgan fingerprint density at radius 3 is 2.31 bits per heavy atom. The highest BCUT2D eigenvalue weighted by Gasteiger charge is 2.33. The van der Waals surface area contributed by atoms with Crippen molar-refractivity contribution in [1.29, 1.82) is 0 Å². The number of hydrogen-bond donors (Lipinski definition) is 2. The summed E-state index contributed by atoms with van der Waals surface area (Å²) >= 11 is 0. The van der Waals surface area contributed by atoms with Gasteiger partial charge < -0.3 is 19.9 Å². The first-order chi connectivity index (χ1) is 7.49. The normalized spacial score (nSPS) is 29.4. The highest BCUT2D eigenvalue weighted by atomic mass is 16.7. The van der Waals surface area contributed by atoms with Crippen molar-refractivity contribution in [2.45, 2.75) is 57.0 Å². The summed E-state index contributed by atoms with van der Waals surface area (Å²) in [6.07, 6.45) is 4.12. The number of hydrogen-bond acceptors (Lipinski definition) is 4. The Morgan fingerprint density at radius 2 is 1.75 bits per heavy atom. The van der Waals surface area contributed by atoms with Crippen molar-refractivity contribution in [3.8, 4) is 0 Å². The van der Waals surface area contributed by atoms with Crippen LogP contribution in [0, 0.1) is 0 Å². The molecule has 0 atom stereocenters. The molecule has 1 heterocycles. The van der Waals surface area contributed by atoms with Gasteiger partial charge >= 0.3 is 0 Å². The first-order valence-electron chi connectivity index (χ1n) is 6.23. The molecule has 1 saturated heterocycles. The fourth-order valence-corrected chi connectivity index (χ4v) is 2.35. The molecule has 0 bridgehead atoms. The minimum atomic E-state index is -0.493. The van der Waals surface area contributed by atoms with Crippen molar-refractivity contribution in [2.75, 3.05) is 19.8 Å². The zero-order valence-corrected chi connectivity index (χ0v) is 10.3. The van der Waals surface area contributed by atoms with Gasteiger partial charge in [-0.2, -0.15) is 0 Å². The zero-order chi connectivity index (χ0) is 11.6. The van der Waals surface area contributed by atoms with Crippen molar-refractivity contribution >= 4 is 0 Å². The second kappa shape index (κ2) is 4.61. The molecular weight excluding hydrogens is 206 g/mol. The van der Waals surface area contributed by atoms with Gasteiger partial charge in [0.1, 0.15) is 0 Å². The highest BCUT2D eigenvalue weighted by molar-refractivity contribution is 4.88. The lowest BCUT2D eigenvalue weighted by Crippen LogP contribution is -2.52.